The predicted molar refractivity (Wildman–Crippen MR) is 62.4 cm³/mol. The largest absolute Gasteiger partial charge is 0.303 e. The van der Waals surface area contributed by atoms with Crippen LogP contribution < -0.4 is 0 Å². The van der Waals surface area contributed by atoms with Gasteiger partial charge in [0.15, 0.2) is 0 Å². The second-order valence-electron chi connectivity index (χ2n) is 4.30. The summed E-state index contributed by atoms with van der Waals surface area (Å²) in [7, 11) is 0. The van der Waals surface area contributed by atoms with E-state index in [0.29, 0.717) is 0 Å². The fourth-order valence-corrected chi connectivity index (χ4v) is 1.26. The van der Waals surface area contributed by atoms with Gasteiger partial charge in [-0.25, -0.2) is 0 Å². The Morgan fingerprint density at radius 2 is 1.86 bits per heavy atom. The van der Waals surface area contributed by atoms with Gasteiger partial charge in [-0.2, -0.15) is 0 Å². The Labute approximate surface area is 88.6 Å². The summed E-state index contributed by atoms with van der Waals surface area (Å²) < 4.78 is 0. The van der Waals surface area contributed by atoms with E-state index in [-0.39, 0.29) is 5.41 Å². The molecule has 0 aromatic rings. The molecular weight excluding hydrogens is 172 g/mol. The van der Waals surface area contributed by atoms with E-state index in [0.717, 1.165) is 25.5 Å². The fourth-order valence-electron chi connectivity index (χ4n) is 1.26. The fraction of sp³-hybridized carbons (Fsp3) is 0.769. The zero-order valence-electron chi connectivity index (χ0n) is 9.88. The van der Waals surface area contributed by atoms with Crippen LogP contribution >= 0.6 is 0 Å². The van der Waals surface area contributed by atoms with Crippen molar-refractivity contribution in [3.63, 3.8) is 0 Å². The van der Waals surface area contributed by atoms with Crippen LogP contribution in [0.3, 0.4) is 0 Å². The molecule has 82 valence electrons. The quantitative estimate of drug-likeness (QED) is 0.324. The summed E-state index contributed by atoms with van der Waals surface area (Å²) in [5.74, 6) is 0. The van der Waals surface area contributed by atoms with Crippen molar-refractivity contribution in [1.82, 2.24) is 0 Å². The maximum absolute atomic E-state index is 10.8. The topological polar surface area (TPSA) is 17.1 Å². The van der Waals surface area contributed by atoms with Crippen molar-refractivity contribution >= 4 is 6.29 Å². The molecule has 0 aliphatic rings. The number of aldehydes is 1. The van der Waals surface area contributed by atoms with Gasteiger partial charge in [0.1, 0.15) is 6.29 Å². The molecular formula is C13H24O. The number of hydrogen-bond acceptors (Lipinski definition) is 1. The van der Waals surface area contributed by atoms with Crippen LogP contribution in [0.15, 0.2) is 12.2 Å². The molecule has 0 saturated heterocycles. The van der Waals surface area contributed by atoms with Gasteiger partial charge in [0.25, 0.3) is 0 Å². The summed E-state index contributed by atoms with van der Waals surface area (Å²) in [6, 6.07) is 0. The van der Waals surface area contributed by atoms with Crippen LogP contribution in [0.5, 0.6) is 0 Å². The highest BCUT2D eigenvalue weighted by atomic mass is 16.1. The molecule has 0 spiro atoms. The minimum atomic E-state index is -0.138. The van der Waals surface area contributed by atoms with Crippen LogP contribution in [0.1, 0.15) is 59.3 Å². The molecule has 0 saturated carbocycles. The van der Waals surface area contributed by atoms with Crippen LogP contribution in [0, 0.1) is 5.41 Å². The zero-order chi connectivity index (χ0) is 10.9. The first-order valence-corrected chi connectivity index (χ1v) is 5.80. The van der Waals surface area contributed by atoms with Crippen molar-refractivity contribution in [2.75, 3.05) is 0 Å². The first kappa shape index (κ1) is 13.4. The molecule has 0 rings (SSSR count). The minimum Gasteiger partial charge on any atom is -0.303 e. The van der Waals surface area contributed by atoms with E-state index in [2.05, 4.69) is 26.0 Å². The summed E-state index contributed by atoms with van der Waals surface area (Å²) in [6.45, 7) is 6.31. The van der Waals surface area contributed by atoms with E-state index in [4.69, 9.17) is 0 Å². The molecule has 0 amide bonds. The van der Waals surface area contributed by atoms with Crippen molar-refractivity contribution in [2.24, 2.45) is 5.41 Å². The molecule has 1 atom stereocenters. The van der Waals surface area contributed by atoms with E-state index < -0.39 is 0 Å². The van der Waals surface area contributed by atoms with E-state index in [1.165, 1.54) is 19.3 Å². The number of unbranched alkanes of at least 4 members (excludes halogenated alkanes) is 3. The van der Waals surface area contributed by atoms with Crippen LogP contribution in [-0.4, -0.2) is 6.29 Å². The molecule has 1 heteroatoms. The number of hydrogen-bond donors (Lipinski definition) is 0. The van der Waals surface area contributed by atoms with E-state index in [1.807, 2.05) is 6.92 Å². The molecule has 1 nitrogen and oxygen atoms in total. The predicted octanol–water partition coefficient (Wildman–Crippen LogP) is 4.13. The molecule has 0 heterocycles. The highest BCUT2D eigenvalue weighted by molar-refractivity contribution is 5.58. The summed E-state index contributed by atoms with van der Waals surface area (Å²) in [5.41, 5.74) is -0.138. The molecule has 14 heavy (non-hydrogen) atoms. The first-order valence-electron chi connectivity index (χ1n) is 5.80. The van der Waals surface area contributed by atoms with Gasteiger partial charge in [0.05, 0.1) is 0 Å². The monoisotopic (exact) mass is 196 g/mol. The lowest BCUT2D eigenvalue weighted by Crippen LogP contribution is -2.15. The van der Waals surface area contributed by atoms with Gasteiger partial charge in [-0.1, -0.05) is 45.8 Å². The Bertz CT molecular complexity index is 172. The molecule has 0 aliphatic heterocycles. The summed E-state index contributed by atoms with van der Waals surface area (Å²) >= 11 is 0. The molecule has 0 fully saturated rings. The summed E-state index contributed by atoms with van der Waals surface area (Å²) in [4.78, 5) is 10.8. The average molecular weight is 196 g/mol. The highest BCUT2D eigenvalue weighted by Gasteiger charge is 2.18. The first-order chi connectivity index (χ1) is 6.68. The number of carbonyl (C=O) groups excluding carboxylic acids is 1. The van der Waals surface area contributed by atoms with Crippen molar-refractivity contribution in [3.05, 3.63) is 12.2 Å². The lowest BCUT2D eigenvalue weighted by Gasteiger charge is -2.17. The van der Waals surface area contributed by atoms with Gasteiger partial charge in [-0.15, -0.1) is 0 Å². The number of carbonyl (C=O) groups is 1. The van der Waals surface area contributed by atoms with Crippen LogP contribution in [0.4, 0.5) is 0 Å². The van der Waals surface area contributed by atoms with E-state index in [1.54, 1.807) is 0 Å². The third-order valence-corrected chi connectivity index (χ3v) is 2.82. The van der Waals surface area contributed by atoms with E-state index >= 15 is 0 Å². The van der Waals surface area contributed by atoms with Gasteiger partial charge < -0.3 is 4.79 Å². The van der Waals surface area contributed by atoms with Crippen molar-refractivity contribution in [1.29, 1.82) is 0 Å². The Hall–Kier alpha value is -0.590. The maximum Gasteiger partial charge on any atom is 0.126 e. The zero-order valence-corrected chi connectivity index (χ0v) is 9.88. The molecule has 1 unspecified atom stereocenters. The van der Waals surface area contributed by atoms with E-state index in [9.17, 15) is 4.79 Å². The second-order valence-corrected chi connectivity index (χ2v) is 4.30. The number of rotatable bonds is 8. The third-order valence-electron chi connectivity index (χ3n) is 2.82. The molecule has 0 bridgehead atoms. The van der Waals surface area contributed by atoms with Gasteiger partial charge in [-0.3, -0.25) is 0 Å². The smallest absolute Gasteiger partial charge is 0.126 e. The van der Waals surface area contributed by atoms with Crippen LogP contribution in [0.25, 0.3) is 0 Å². The highest BCUT2D eigenvalue weighted by Crippen LogP contribution is 2.23. The number of allylic oxidation sites excluding steroid dienone is 2. The van der Waals surface area contributed by atoms with Gasteiger partial charge in [0, 0.05) is 5.41 Å². The Morgan fingerprint density at radius 3 is 2.36 bits per heavy atom. The standard InChI is InChI=1S/C13H24O/c1-4-6-7-8-9-10-11-13(3,5-2)12-14/h9-10,12H,4-8,11H2,1-3H3. The Kier molecular flexibility index (Phi) is 7.45. The average Bonchev–Trinajstić information content (AvgIpc) is 2.23. The molecule has 0 aliphatic carbocycles. The molecule has 0 radical (unpaired) electrons. The molecule has 0 aromatic carbocycles. The van der Waals surface area contributed by atoms with Gasteiger partial charge in [-0.05, 0) is 25.7 Å². The minimum absolute atomic E-state index is 0.138. The SMILES string of the molecule is CCCCCC=CCC(C)(C=O)CC. The summed E-state index contributed by atoms with van der Waals surface area (Å²) in [5, 5.41) is 0. The Balaban J connectivity index is 3.63. The van der Waals surface area contributed by atoms with Crippen molar-refractivity contribution in [3.8, 4) is 0 Å². The second kappa shape index (κ2) is 7.78. The van der Waals surface area contributed by atoms with Crippen molar-refractivity contribution in [2.45, 2.75) is 59.3 Å². The molecule has 0 N–H and O–H groups in total. The van der Waals surface area contributed by atoms with Gasteiger partial charge in [0.2, 0.25) is 0 Å². The molecule has 0 aromatic heterocycles. The lowest BCUT2D eigenvalue weighted by molar-refractivity contribution is -0.115. The van der Waals surface area contributed by atoms with Crippen LogP contribution in [-0.2, 0) is 4.79 Å². The maximum atomic E-state index is 10.8. The Morgan fingerprint density at radius 1 is 1.14 bits per heavy atom. The third kappa shape index (κ3) is 5.95. The normalized spacial score (nSPS) is 15.6. The van der Waals surface area contributed by atoms with Gasteiger partial charge >= 0.3 is 0 Å². The lowest BCUT2D eigenvalue weighted by atomic mass is 9.85. The van der Waals surface area contributed by atoms with Crippen LogP contribution in [0.2, 0.25) is 0 Å². The summed E-state index contributed by atoms with van der Waals surface area (Å²) in [6.07, 6.45) is 12.3. The van der Waals surface area contributed by atoms with Crippen molar-refractivity contribution < 1.29 is 4.79 Å².